The molecule has 130 valence electrons. The Kier molecular flexibility index (Phi) is 5.89. The van der Waals surface area contributed by atoms with Crippen LogP contribution in [0.4, 0.5) is 11.4 Å². The molecule has 0 aliphatic heterocycles. The number of rotatable bonds is 6. The van der Waals surface area contributed by atoms with Gasteiger partial charge in [-0.3, -0.25) is 9.59 Å². The Balaban J connectivity index is 2.08. The summed E-state index contributed by atoms with van der Waals surface area (Å²) < 4.78 is 0. The van der Waals surface area contributed by atoms with Gasteiger partial charge in [0.25, 0.3) is 5.91 Å². The van der Waals surface area contributed by atoms with Crippen molar-refractivity contribution in [1.82, 2.24) is 0 Å². The summed E-state index contributed by atoms with van der Waals surface area (Å²) in [6.07, 6.45) is 0.734. The van der Waals surface area contributed by atoms with Gasteiger partial charge in [0.15, 0.2) is 0 Å². The van der Waals surface area contributed by atoms with Gasteiger partial charge in [0, 0.05) is 22.9 Å². The van der Waals surface area contributed by atoms with Crippen LogP contribution in [0.5, 0.6) is 0 Å². The van der Waals surface area contributed by atoms with E-state index in [9.17, 15) is 14.4 Å². The molecule has 1 atom stereocenters. The monoisotopic (exact) mass is 340 g/mol. The lowest BCUT2D eigenvalue weighted by atomic mass is 10.1. The Morgan fingerprint density at radius 2 is 1.64 bits per heavy atom. The van der Waals surface area contributed by atoms with Gasteiger partial charge in [-0.15, -0.1) is 0 Å². The fraction of sp³-hybridized carbons (Fsp3) is 0.211. The van der Waals surface area contributed by atoms with Crippen molar-refractivity contribution in [2.75, 3.05) is 10.6 Å². The summed E-state index contributed by atoms with van der Waals surface area (Å²) in [6, 6.07) is 12.5. The molecule has 2 amide bonds. The first-order valence-corrected chi connectivity index (χ1v) is 7.96. The number of carboxylic acids is 1. The van der Waals surface area contributed by atoms with Gasteiger partial charge in [0.2, 0.25) is 5.91 Å². The van der Waals surface area contributed by atoms with Gasteiger partial charge in [-0.25, -0.2) is 4.79 Å². The zero-order chi connectivity index (χ0) is 18.4. The number of anilines is 2. The molecule has 2 aromatic carbocycles. The van der Waals surface area contributed by atoms with Crippen LogP contribution in [0.15, 0.2) is 48.5 Å². The second kappa shape index (κ2) is 8.10. The summed E-state index contributed by atoms with van der Waals surface area (Å²) in [5, 5.41) is 14.4. The molecule has 25 heavy (non-hydrogen) atoms. The first-order chi connectivity index (χ1) is 11.9. The third kappa shape index (κ3) is 4.91. The van der Waals surface area contributed by atoms with Crippen molar-refractivity contribution >= 4 is 29.2 Å². The Bertz CT molecular complexity index is 784. The lowest BCUT2D eigenvalue weighted by Gasteiger charge is -2.11. The van der Waals surface area contributed by atoms with Crippen molar-refractivity contribution in [3.63, 3.8) is 0 Å². The molecule has 0 radical (unpaired) electrons. The van der Waals surface area contributed by atoms with Crippen molar-refractivity contribution in [2.24, 2.45) is 5.92 Å². The normalized spacial score (nSPS) is 11.4. The highest BCUT2D eigenvalue weighted by Gasteiger charge is 2.12. The molecule has 1 unspecified atom stereocenters. The molecule has 0 aliphatic rings. The van der Waals surface area contributed by atoms with Crippen molar-refractivity contribution in [1.29, 1.82) is 0 Å². The average Bonchev–Trinajstić information content (AvgIpc) is 2.61. The minimum absolute atomic E-state index is 0.0932. The third-order valence-corrected chi connectivity index (χ3v) is 3.84. The van der Waals surface area contributed by atoms with Gasteiger partial charge in [-0.1, -0.05) is 19.9 Å². The molecule has 6 nitrogen and oxygen atoms in total. The number of benzene rings is 2. The summed E-state index contributed by atoms with van der Waals surface area (Å²) >= 11 is 0. The third-order valence-electron chi connectivity index (χ3n) is 3.84. The molecule has 0 aromatic heterocycles. The quantitative estimate of drug-likeness (QED) is 0.748. The van der Waals surface area contributed by atoms with Gasteiger partial charge in [-0.05, 0) is 48.9 Å². The van der Waals surface area contributed by atoms with Crippen LogP contribution in [0.25, 0.3) is 0 Å². The van der Waals surface area contributed by atoms with E-state index >= 15 is 0 Å². The first-order valence-electron chi connectivity index (χ1n) is 7.96. The van der Waals surface area contributed by atoms with Crippen LogP contribution >= 0.6 is 0 Å². The summed E-state index contributed by atoms with van der Waals surface area (Å²) in [5.74, 6) is -1.57. The van der Waals surface area contributed by atoms with E-state index in [-0.39, 0.29) is 23.3 Å². The molecule has 0 aliphatic carbocycles. The maximum atomic E-state index is 12.3. The van der Waals surface area contributed by atoms with Crippen LogP contribution < -0.4 is 10.6 Å². The van der Waals surface area contributed by atoms with E-state index in [0.29, 0.717) is 16.9 Å². The molecule has 0 saturated carbocycles. The Morgan fingerprint density at radius 1 is 0.960 bits per heavy atom. The predicted octanol–water partition coefficient (Wildman–Crippen LogP) is 3.62. The van der Waals surface area contributed by atoms with E-state index < -0.39 is 5.97 Å². The van der Waals surface area contributed by atoms with Crippen LogP contribution in [0.2, 0.25) is 0 Å². The fourth-order valence-corrected chi connectivity index (χ4v) is 2.09. The van der Waals surface area contributed by atoms with E-state index in [1.807, 2.05) is 13.8 Å². The van der Waals surface area contributed by atoms with E-state index in [1.165, 1.54) is 24.3 Å². The number of carbonyl (C=O) groups excluding carboxylic acids is 2. The lowest BCUT2D eigenvalue weighted by molar-refractivity contribution is -0.119. The smallest absolute Gasteiger partial charge is 0.335 e. The van der Waals surface area contributed by atoms with Crippen molar-refractivity contribution in [2.45, 2.75) is 20.3 Å². The van der Waals surface area contributed by atoms with Gasteiger partial charge in [0.05, 0.1) is 5.56 Å². The summed E-state index contributed by atoms with van der Waals surface area (Å²) in [4.78, 5) is 35.1. The Hall–Kier alpha value is -3.15. The predicted molar refractivity (Wildman–Crippen MR) is 95.9 cm³/mol. The summed E-state index contributed by atoms with van der Waals surface area (Å²) in [5.41, 5.74) is 1.58. The van der Waals surface area contributed by atoms with Gasteiger partial charge in [0.1, 0.15) is 0 Å². The largest absolute Gasteiger partial charge is 0.478 e. The second-order valence-electron chi connectivity index (χ2n) is 5.72. The molecule has 0 heterocycles. The van der Waals surface area contributed by atoms with Crippen LogP contribution in [-0.4, -0.2) is 22.9 Å². The van der Waals surface area contributed by atoms with Gasteiger partial charge >= 0.3 is 5.97 Å². The average molecular weight is 340 g/mol. The molecule has 3 N–H and O–H groups in total. The van der Waals surface area contributed by atoms with Crippen LogP contribution in [-0.2, 0) is 4.79 Å². The van der Waals surface area contributed by atoms with Crippen molar-refractivity contribution < 1.29 is 19.5 Å². The molecule has 2 aromatic rings. The number of aromatic carboxylic acids is 1. The SMILES string of the molecule is CCC(C)C(=O)Nc1cccc(C(=O)Nc2ccc(C(=O)O)cc2)c1. The summed E-state index contributed by atoms with van der Waals surface area (Å²) in [6.45, 7) is 3.77. The molecule has 0 saturated heterocycles. The van der Waals surface area contributed by atoms with E-state index in [4.69, 9.17) is 5.11 Å². The molecule has 2 rings (SSSR count). The minimum Gasteiger partial charge on any atom is -0.478 e. The zero-order valence-electron chi connectivity index (χ0n) is 14.1. The fourth-order valence-electron chi connectivity index (χ4n) is 2.09. The Morgan fingerprint density at radius 3 is 2.24 bits per heavy atom. The highest BCUT2D eigenvalue weighted by atomic mass is 16.4. The molecule has 6 heteroatoms. The molecule has 0 bridgehead atoms. The number of amides is 2. The topological polar surface area (TPSA) is 95.5 Å². The van der Waals surface area contributed by atoms with E-state index in [0.717, 1.165) is 6.42 Å². The molecule has 0 fully saturated rings. The van der Waals surface area contributed by atoms with Crippen LogP contribution in [0.1, 0.15) is 41.0 Å². The van der Waals surface area contributed by atoms with E-state index in [1.54, 1.807) is 24.3 Å². The summed E-state index contributed by atoms with van der Waals surface area (Å²) in [7, 11) is 0. The number of nitrogens with one attached hydrogen (secondary N) is 2. The number of hydrogen-bond donors (Lipinski definition) is 3. The van der Waals surface area contributed by atoms with Crippen molar-refractivity contribution in [3.05, 3.63) is 59.7 Å². The number of hydrogen-bond acceptors (Lipinski definition) is 3. The standard InChI is InChI=1S/C19H20N2O4/c1-3-12(2)17(22)21-16-6-4-5-14(11-16)18(23)20-15-9-7-13(8-10-15)19(24)25/h4-12H,3H2,1-2H3,(H,20,23)(H,21,22)(H,24,25). The maximum Gasteiger partial charge on any atom is 0.335 e. The first kappa shape index (κ1) is 18.2. The van der Waals surface area contributed by atoms with E-state index in [2.05, 4.69) is 10.6 Å². The van der Waals surface area contributed by atoms with Crippen LogP contribution in [0, 0.1) is 5.92 Å². The van der Waals surface area contributed by atoms with Gasteiger partial charge in [-0.2, -0.15) is 0 Å². The second-order valence-corrected chi connectivity index (χ2v) is 5.72. The highest BCUT2D eigenvalue weighted by Crippen LogP contribution is 2.16. The van der Waals surface area contributed by atoms with Crippen LogP contribution in [0.3, 0.4) is 0 Å². The highest BCUT2D eigenvalue weighted by molar-refractivity contribution is 6.05. The molecular formula is C19H20N2O4. The number of carboxylic acid groups (broad SMARTS) is 1. The molecule has 0 spiro atoms. The van der Waals surface area contributed by atoms with Crippen molar-refractivity contribution in [3.8, 4) is 0 Å². The Labute approximate surface area is 145 Å². The lowest BCUT2D eigenvalue weighted by Crippen LogP contribution is -2.20. The maximum absolute atomic E-state index is 12.3. The van der Waals surface area contributed by atoms with Gasteiger partial charge < -0.3 is 15.7 Å². The zero-order valence-corrected chi connectivity index (χ0v) is 14.1. The number of carbonyl (C=O) groups is 3. The molecular weight excluding hydrogens is 320 g/mol. The minimum atomic E-state index is -1.03.